The van der Waals surface area contributed by atoms with Crippen molar-refractivity contribution in [1.29, 1.82) is 0 Å². The van der Waals surface area contributed by atoms with Crippen LogP contribution in [0.5, 0.6) is 0 Å². The molecule has 0 aliphatic rings. The first-order valence-corrected chi connectivity index (χ1v) is 13.8. The number of imidazole rings is 1. The van der Waals surface area contributed by atoms with E-state index in [4.69, 9.17) is 0 Å². The van der Waals surface area contributed by atoms with Crippen LogP contribution in [-0.2, 0) is 37.0 Å². The van der Waals surface area contributed by atoms with Crippen LogP contribution in [0.3, 0.4) is 0 Å². The van der Waals surface area contributed by atoms with Crippen LogP contribution in [0.2, 0.25) is 0 Å². The molecule has 4 rings (SSSR count). The zero-order valence-electron chi connectivity index (χ0n) is 18.2. The van der Waals surface area contributed by atoms with Crippen molar-refractivity contribution in [3.63, 3.8) is 0 Å². The predicted octanol–water partition coefficient (Wildman–Crippen LogP) is 3.02. The number of para-hydroxylation sites is 4. The molecular weight excluding hydrogens is 476 g/mol. The lowest BCUT2D eigenvalue weighted by molar-refractivity contribution is -0.116. The number of nitrogens with zero attached hydrogens (tertiary/aromatic N) is 2. The molecular formula is C23H22N4O5S2. The van der Waals surface area contributed by atoms with Gasteiger partial charge in [-0.1, -0.05) is 42.5 Å². The van der Waals surface area contributed by atoms with Crippen molar-refractivity contribution < 1.29 is 21.6 Å². The Bertz CT molecular complexity index is 1560. The smallest absolute Gasteiger partial charge is 0.261 e. The van der Waals surface area contributed by atoms with Crippen LogP contribution in [0.25, 0.3) is 11.0 Å². The van der Waals surface area contributed by atoms with Gasteiger partial charge in [-0.25, -0.2) is 21.8 Å². The molecule has 9 nitrogen and oxygen atoms in total. The lowest BCUT2D eigenvalue weighted by atomic mass is 10.2. The molecule has 2 N–H and O–H groups in total. The molecule has 0 unspecified atom stereocenters. The van der Waals surface area contributed by atoms with E-state index >= 15 is 0 Å². The number of nitrogens with one attached hydrogen (secondary N) is 2. The molecule has 0 saturated heterocycles. The average molecular weight is 499 g/mol. The first kappa shape index (κ1) is 23.5. The van der Waals surface area contributed by atoms with Crippen LogP contribution in [0.15, 0.2) is 83.8 Å². The molecule has 1 aromatic heterocycles. The van der Waals surface area contributed by atoms with Crippen molar-refractivity contribution >= 4 is 48.2 Å². The molecule has 34 heavy (non-hydrogen) atoms. The summed E-state index contributed by atoms with van der Waals surface area (Å²) in [5, 5.41) is 2.71. The molecule has 0 spiro atoms. The Kier molecular flexibility index (Phi) is 6.40. The summed E-state index contributed by atoms with van der Waals surface area (Å²) in [5.41, 5.74) is 1.66. The van der Waals surface area contributed by atoms with Crippen molar-refractivity contribution in [2.75, 3.05) is 16.3 Å². The number of sulfonamides is 1. The second kappa shape index (κ2) is 9.27. The van der Waals surface area contributed by atoms with Crippen molar-refractivity contribution in [1.82, 2.24) is 9.55 Å². The van der Waals surface area contributed by atoms with E-state index in [-0.39, 0.29) is 34.4 Å². The third-order valence-electron chi connectivity index (χ3n) is 4.93. The molecule has 176 valence electrons. The van der Waals surface area contributed by atoms with Crippen molar-refractivity contribution in [2.24, 2.45) is 0 Å². The number of hydrogen-bond donors (Lipinski definition) is 2. The number of carbonyl (C=O) groups is 1. The van der Waals surface area contributed by atoms with Crippen LogP contribution < -0.4 is 10.0 Å². The second-order valence-electron chi connectivity index (χ2n) is 7.69. The number of benzene rings is 3. The Balaban J connectivity index is 1.60. The average Bonchev–Trinajstić information content (AvgIpc) is 3.11. The number of amides is 1. The fourth-order valence-electron chi connectivity index (χ4n) is 3.46. The maximum absolute atomic E-state index is 12.9. The molecule has 1 heterocycles. The van der Waals surface area contributed by atoms with Crippen molar-refractivity contribution in [3.8, 4) is 0 Å². The van der Waals surface area contributed by atoms with Crippen LogP contribution in [0, 0.1) is 0 Å². The highest BCUT2D eigenvalue weighted by Gasteiger charge is 2.19. The molecule has 0 radical (unpaired) electrons. The van der Waals surface area contributed by atoms with Gasteiger partial charge in [0.2, 0.25) is 5.91 Å². The highest BCUT2D eigenvalue weighted by Crippen LogP contribution is 2.25. The molecule has 3 aromatic carbocycles. The molecule has 0 saturated carbocycles. The first-order chi connectivity index (χ1) is 16.1. The van der Waals surface area contributed by atoms with E-state index in [1.165, 1.54) is 18.2 Å². The Morgan fingerprint density at radius 3 is 2.18 bits per heavy atom. The number of fused-ring (bicyclic) bond motifs is 1. The molecule has 4 aromatic rings. The Morgan fingerprint density at radius 2 is 1.47 bits per heavy atom. The minimum absolute atomic E-state index is 0.0893. The van der Waals surface area contributed by atoms with Gasteiger partial charge in [0.25, 0.3) is 10.0 Å². The SMILES string of the molecule is CS(=O)(=O)Cc1nc2ccccc2n1CC(=O)Nc1ccccc1NS(=O)(=O)c1ccccc1. The van der Waals surface area contributed by atoms with Gasteiger partial charge >= 0.3 is 0 Å². The van der Waals surface area contributed by atoms with Gasteiger partial charge in [-0.3, -0.25) is 9.52 Å². The van der Waals surface area contributed by atoms with Gasteiger partial charge in [-0.05, 0) is 36.4 Å². The second-order valence-corrected chi connectivity index (χ2v) is 11.5. The van der Waals surface area contributed by atoms with Gasteiger partial charge in [-0.15, -0.1) is 0 Å². The summed E-state index contributed by atoms with van der Waals surface area (Å²) in [6.07, 6.45) is 1.10. The summed E-state index contributed by atoms with van der Waals surface area (Å²) < 4.78 is 53.3. The third kappa shape index (κ3) is 5.43. The van der Waals surface area contributed by atoms with Crippen LogP contribution in [0.1, 0.15) is 5.82 Å². The van der Waals surface area contributed by atoms with E-state index in [1.807, 2.05) is 0 Å². The van der Waals surface area contributed by atoms with E-state index in [1.54, 1.807) is 65.2 Å². The molecule has 0 fully saturated rings. The number of aromatic nitrogens is 2. The highest BCUT2D eigenvalue weighted by atomic mass is 32.2. The van der Waals surface area contributed by atoms with E-state index in [9.17, 15) is 21.6 Å². The largest absolute Gasteiger partial charge is 0.323 e. The van der Waals surface area contributed by atoms with Crippen LogP contribution >= 0.6 is 0 Å². The van der Waals surface area contributed by atoms with Gasteiger partial charge in [0, 0.05) is 6.26 Å². The normalized spacial score (nSPS) is 11.9. The lowest BCUT2D eigenvalue weighted by Gasteiger charge is -2.14. The van der Waals surface area contributed by atoms with Gasteiger partial charge in [0.05, 0.1) is 27.3 Å². The maximum Gasteiger partial charge on any atom is 0.261 e. The number of rotatable bonds is 8. The highest BCUT2D eigenvalue weighted by molar-refractivity contribution is 7.92. The van der Waals surface area contributed by atoms with Crippen molar-refractivity contribution in [2.45, 2.75) is 17.2 Å². The third-order valence-corrected chi connectivity index (χ3v) is 7.09. The summed E-state index contributed by atoms with van der Waals surface area (Å²) in [5.74, 6) is -0.538. The van der Waals surface area contributed by atoms with Gasteiger partial charge < -0.3 is 9.88 Å². The van der Waals surface area contributed by atoms with Gasteiger partial charge in [0.1, 0.15) is 18.1 Å². The number of carbonyl (C=O) groups excluding carboxylic acids is 1. The minimum atomic E-state index is -3.86. The fourth-order valence-corrected chi connectivity index (χ4v) is 5.25. The quantitative estimate of drug-likeness (QED) is 0.384. The van der Waals surface area contributed by atoms with Gasteiger partial charge in [0.15, 0.2) is 9.84 Å². The van der Waals surface area contributed by atoms with Crippen LogP contribution in [0.4, 0.5) is 11.4 Å². The molecule has 1 amide bonds. The van der Waals surface area contributed by atoms with E-state index in [2.05, 4.69) is 15.0 Å². The topological polar surface area (TPSA) is 127 Å². The molecule has 0 bridgehead atoms. The lowest BCUT2D eigenvalue weighted by Crippen LogP contribution is -2.22. The summed E-state index contributed by atoms with van der Waals surface area (Å²) in [6, 6.07) is 21.4. The fraction of sp³-hybridized carbons (Fsp3) is 0.130. The summed E-state index contributed by atoms with van der Waals surface area (Å²) >= 11 is 0. The monoisotopic (exact) mass is 498 g/mol. The summed E-state index contributed by atoms with van der Waals surface area (Å²) in [7, 11) is -7.25. The van der Waals surface area contributed by atoms with Gasteiger partial charge in [-0.2, -0.15) is 0 Å². The zero-order chi connectivity index (χ0) is 24.3. The first-order valence-electron chi connectivity index (χ1n) is 10.2. The summed E-state index contributed by atoms with van der Waals surface area (Å²) in [6.45, 7) is -0.203. The number of hydrogen-bond acceptors (Lipinski definition) is 6. The maximum atomic E-state index is 12.9. The Labute approximate surface area is 197 Å². The summed E-state index contributed by atoms with van der Waals surface area (Å²) in [4.78, 5) is 17.4. The molecule has 0 aliphatic carbocycles. The molecule has 11 heteroatoms. The molecule has 0 aliphatic heterocycles. The van der Waals surface area contributed by atoms with E-state index in [0.717, 1.165) is 6.26 Å². The number of anilines is 2. The standard InChI is InChI=1S/C23H22N4O5S2/c1-33(29,30)16-22-24-20-13-7-8-14-21(20)27(22)15-23(28)25-18-11-5-6-12-19(18)26-34(31,32)17-9-3-2-4-10-17/h2-14,26H,15-16H2,1H3,(H,25,28). The Hall–Kier alpha value is -3.70. The van der Waals surface area contributed by atoms with Crippen LogP contribution in [-0.4, -0.2) is 38.5 Å². The van der Waals surface area contributed by atoms with Crippen molar-refractivity contribution in [3.05, 3.63) is 84.7 Å². The number of sulfone groups is 1. The minimum Gasteiger partial charge on any atom is -0.323 e. The van der Waals surface area contributed by atoms with E-state index in [0.29, 0.717) is 11.0 Å². The Morgan fingerprint density at radius 1 is 0.853 bits per heavy atom. The zero-order valence-corrected chi connectivity index (χ0v) is 19.8. The predicted molar refractivity (Wildman–Crippen MR) is 131 cm³/mol. The molecule has 0 atom stereocenters. The van der Waals surface area contributed by atoms with E-state index < -0.39 is 25.8 Å².